The molecule has 4 nitrogen and oxygen atoms in total. The van der Waals surface area contributed by atoms with Gasteiger partial charge in [-0.3, -0.25) is 4.79 Å². The first-order valence-electron chi connectivity index (χ1n) is 8.14. The Hall–Kier alpha value is -2.49. The van der Waals surface area contributed by atoms with Crippen molar-refractivity contribution in [2.24, 2.45) is 0 Å². The van der Waals surface area contributed by atoms with Crippen molar-refractivity contribution in [2.45, 2.75) is 33.3 Å². The van der Waals surface area contributed by atoms with Crippen LogP contribution in [-0.4, -0.2) is 25.7 Å². The predicted molar refractivity (Wildman–Crippen MR) is 95.7 cm³/mol. The molecule has 1 amide bonds. The van der Waals surface area contributed by atoms with Gasteiger partial charge in [0, 0.05) is 6.54 Å². The third-order valence-electron chi connectivity index (χ3n) is 3.89. The van der Waals surface area contributed by atoms with Crippen molar-refractivity contribution in [3.8, 4) is 11.5 Å². The highest BCUT2D eigenvalue weighted by Crippen LogP contribution is 2.20. The summed E-state index contributed by atoms with van der Waals surface area (Å²) >= 11 is 0. The SMILES string of the molecule is COc1ccc(CCNC(=O)C(C)Oc2cc(C)ccc2C)cc1. The standard InChI is InChI=1S/C20H25NO3/c1-14-5-6-15(2)19(13-14)24-16(3)20(22)21-12-11-17-7-9-18(23-4)10-8-17/h5-10,13,16H,11-12H2,1-4H3,(H,21,22). The number of aryl methyl sites for hydroxylation is 2. The van der Waals surface area contributed by atoms with Crippen LogP contribution in [0.4, 0.5) is 0 Å². The smallest absolute Gasteiger partial charge is 0.260 e. The molecule has 0 spiro atoms. The van der Waals surface area contributed by atoms with E-state index >= 15 is 0 Å². The highest BCUT2D eigenvalue weighted by atomic mass is 16.5. The lowest BCUT2D eigenvalue weighted by Crippen LogP contribution is -2.37. The van der Waals surface area contributed by atoms with Crippen molar-refractivity contribution in [2.75, 3.05) is 13.7 Å². The second kappa shape index (κ2) is 8.39. The number of rotatable bonds is 7. The number of hydrogen-bond donors (Lipinski definition) is 1. The number of ether oxygens (including phenoxy) is 2. The summed E-state index contributed by atoms with van der Waals surface area (Å²) in [6, 6.07) is 13.8. The van der Waals surface area contributed by atoms with Crippen molar-refractivity contribution in [1.82, 2.24) is 5.32 Å². The Morgan fingerprint density at radius 3 is 2.50 bits per heavy atom. The Labute approximate surface area is 143 Å². The minimum Gasteiger partial charge on any atom is -0.497 e. The van der Waals surface area contributed by atoms with Gasteiger partial charge in [-0.05, 0) is 62.1 Å². The average Bonchev–Trinajstić information content (AvgIpc) is 2.58. The molecule has 0 radical (unpaired) electrons. The monoisotopic (exact) mass is 327 g/mol. The van der Waals surface area contributed by atoms with E-state index in [9.17, 15) is 4.79 Å². The molecule has 1 N–H and O–H groups in total. The fourth-order valence-electron chi connectivity index (χ4n) is 2.34. The number of nitrogens with one attached hydrogen (secondary N) is 1. The van der Waals surface area contributed by atoms with Crippen LogP contribution in [0.25, 0.3) is 0 Å². The van der Waals surface area contributed by atoms with Crippen LogP contribution in [0.2, 0.25) is 0 Å². The molecule has 1 unspecified atom stereocenters. The van der Waals surface area contributed by atoms with E-state index in [0.29, 0.717) is 6.54 Å². The quantitative estimate of drug-likeness (QED) is 0.847. The zero-order chi connectivity index (χ0) is 17.5. The second-order valence-corrected chi connectivity index (χ2v) is 5.92. The topological polar surface area (TPSA) is 47.6 Å². The van der Waals surface area contributed by atoms with Gasteiger partial charge in [-0.1, -0.05) is 24.3 Å². The molecular weight excluding hydrogens is 302 g/mol. The lowest BCUT2D eigenvalue weighted by molar-refractivity contribution is -0.127. The third-order valence-corrected chi connectivity index (χ3v) is 3.89. The van der Waals surface area contributed by atoms with Crippen LogP contribution in [0.5, 0.6) is 11.5 Å². The maximum absolute atomic E-state index is 12.2. The van der Waals surface area contributed by atoms with Crippen molar-refractivity contribution in [3.05, 3.63) is 59.2 Å². The van der Waals surface area contributed by atoms with E-state index in [1.807, 2.05) is 56.3 Å². The van der Waals surface area contributed by atoms with E-state index in [1.165, 1.54) is 0 Å². The molecule has 4 heteroatoms. The van der Waals surface area contributed by atoms with Gasteiger partial charge in [0.1, 0.15) is 11.5 Å². The molecule has 2 aromatic carbocycles. The molecule has 0 bridgehead atoms. The summed E-state index contributed by atoms with van der Waals surface area (Å²) in [6.07, 6.45) is 0.243. The Morgan fingerprint density at radius 2 is 1.83 bits per heavy atom. The van der Waals surface area contributed by atoms with Gasteiger partial charge in [-0.2, -0.15) is 0 Å². The summed E-state index contributed by atoms with van der Waals surface area (Å²) in [6.45, 7) is 6.32. The van der Waals surface area contributed by atoms with E-state index in [0.717, 1.165) is 34.6 Å². The van der Waals surface area contributed by atoms with Crippen LogP contribution >= 0.6 is 0 Å². The number of benzene rings is 2. The first kappa shape index (κ1) is 17.9. The summed E-state index contributed by atoms with van der Waals surface area (Å²) in [5.74, 6) is 1.48. The zero-order valence-electron chi connectivity index (χ0n) is 14.8. The van der Waals surface area contributed by atoms with E-state index in [1.54, 1.807) is 14.0 Å². The molecule has 1 atom stereocenters. The third kappa shape index (κ3) is 5.01. The number of methoxy groups -OCH3 is 1. The van der Waals surface area contributed by atoms with Gasteiger partial charge in [0.05, 0.1) is 7.11 Å². The summed E-state index contributed by atoms with van der Waals surface area (Å²) in [5, 5.41) is 2.92. The van der Waals surface area contributed by atoms with Crippen molar-refractivity contribution >= 4 is 5.91 Å². The lowest BCUT2D eigenvalue weighted by atomic mass is 10.1. The molecule has 2 aromatic rings. The second-order valence-electron chi connectivity index (χ2n) is 5.92. The normalized spacial score (nSPS) is 11.7. The molecule has 0 aliphatic heterocycles. The minimum atomic E-state index is -0.527. The van der Waals surface area contributed by atoms with E-state index in [4.69, 9.17) is 9.47 Å². The van der Waals surface area contributed by atoms with E-state index in [2.05, 4.69) is 5.32 Å². The number of amides is 1. The minimum absolute atomic E-state index is 0.107. The molecule has 0 aliphatic rings. The average molecular weight is 327 g/mol. The Morgan fingerprint density at radius 1 is 1.12 bits per heavy atom. The Kier molecular flexibility index (Phi) is 6.24. The molecule has 24 heavy (non-hydrogen) atoms. The molecule has 0 saturated carbocycles. The van der Waals surface area contributed by atoms with E-state index < -0.39 is 6.10 Å². The van der Waals surface area contributed by atoms with Gasteiger partial charge < -0.3 is 14.8 Å². The summed E-state index contributed by atoms with van der Waals surface area (Å²) in [5.41, 5.74) is 3.29. The number of carbonyl (C=O) groups is 1. The molecule has 2 rings (SSSR count). The van der Waals surface area contributed by atoms with Crippen LogP contribution in [0.1, 0.15) is 23.6 Å². The van der Waals surface area contributed by atoms with Gasteiger partial charge in [0.25, 0.3) is 5.91 Å². The molecular formula is C20H25NO3. The number of hydrogen-bond acceptors (Lipinski definition) is 3. The number of carbonyl (C=O) groups excluding carboxylic acids is 1. The molecule has 0 saturated heterocycles. The fraction of sp³-hybridized carbons (Fsp3) is 0.350. The van der Waals surface area contributed by atoms with Gasteiger partial charge in [0.2, 0.25) is 0 Å². The Balaban J connectivity index is 1.81. The molecule has 128 valence electrons. The predicted octanol–water partition coefficient (Wildman–Crippen LogP) is 3.44. The summed E-state index contributed by atoms with van der Waals surface area (Å²) < 4.78 is 10.9. The van der Waals surface area contributed by atoms with Crippen LogP contribution < -0.4 is 14.8 Å². The maximum atomic E-state index is 12.2. The van der Waals surface area contributed by atoms with Gasteiger partial charge in [-0.25, -0.2) is 0 Å². The van der Waals surface area contributed by atoms with Crippen LogP contribution in [0.15, 0.2) is 42.5 Å². The van der Waals surface area contributed by atoms with Crippen LogP contribution in [0.3, 0.4) is 0 Å². The van der Waals surface area contributed by atoms with Gasteiger partial charge in [-0.15, -0.1) is 0 Å². The highest BCUT2D eigenvalue weighted by molar-refractivity contribution is 5.80. The highest BCUT2D eigenvalue weighted by Gasteiger charge is 2.15. The molecule has 0 fully saturated rings. The van der Waals surface area contributed by atoms with Crippen molar-refractivity contribution < 1.29 is 14.3 Å². The first-order valence-corrected chi connectivity index (χ1v) is 8.14. The summed E-state index contributed by atoms with van der Waals surface area (Å²) in [7, 11) is 1.65. The van der Waals surface area contributed by atoms with Crippen LogP contribution in [-0.2, 0) is 11.2 Å². The maximum Gasteiger partial charge on any atom is 0.260 e. The fourth-order valence-corrected chi connectivity index (χ4v) is 2.34. The van der Waals surface area contributed by atoms with E-state index in [-0.39, 0.29) is 5.91 Å². The molecule has 0 aliphatic carbocycles. The van der Waals surface area contributed by atoms with Gasteiger partial charge >= 0.3 is 0 Å². The Bertz CT molecular complexity index is 680. The zero-order valence-corrected chi connectivity index (χ0v) is 14.8. The largest absolute Gasteiger partial charge is 0.497 e. The van der Waals surface area contributed by atoms with Gasteiger partial charge in [0.15, 0.2) is 6.10 Å². The lowest BCUT2D eigenvalue weighted by Gasteiger charge is -2.16. The molecule has 0 heterocycles. The van der Waals surface area contributed by atoms with Crippen molar-refractivity contribution in [1.29, 1.82) is 0 Å². The first-order chi connectivity index (χ1) is 11.5. The molecule has 0 aromatic heterocycles. The summed E-state index contributed by atoms with van der Waals surface area (Å²) in [4.78, 5) is 12.2. The van der Waals surface area contributed by atoms with Crippen LogP contribution in [0, 0.1) is 13.8 Å². The van der Waals surface area contributed by atoms with Crippen molar-refractivity contribution in [3.63, 3.8) is 0 Å².